The van der Waals surface area contributed by atoms with Crippen LogP contribution in [-0.4, -0.2) is 22.6 Å². The monoisotopic (exact) mass is 398 g/mol. The molecule has 0 aliphatic rings. The van der Waals surface area contributed by atoms with Crippen LogP contribution in [0.3, 0.4) is 0 Å². The molecule has 0 spiro atoms. The van der Waals surface area contributed by atoms with E-state index in [1.807, 2.05) is 0 Å². The summed E-state index contributed by atoms with van der Waals surface area (Å²) in [7, 11) is 0. The largest absolute Gasteiger partial charge is 1.00 e. The molecule has 0 saturated heterocycles. The first-order valence-electron chi connectivity index (χ1n) is 8.03. The van der Waals surface area contributed by atoms with Crippen molar-refractivity contribution in [2.75, 3.05) is 0 Å². The van der Waals surface area contributed by atoms with Gasteiger partial charge in [0.05, 0.1) is 6.42 Å². The van der Waals surface area contributed by atoms with Gasteiger partial charge < -0.3 is 19.7 Å². The molecule has 1 N–H and O–H groups in total. The van der Waals surface area contributed by atoms with E-state index in [4.69, 9.17) is 16.3 Å². The molecule has 0 amide bonds. The number of halogens is 2. The summed E-state index contributed by atoms with van der Waals surface area (Å²) in [5, 5.41) is 22.0. The minimum absolute atomic E-state index is 0. The van der Waals surface area contributed by atoms with Gasteiger partial charge in [0.15, 0.2) is 5.78 Å². The SMILES string of the molecule is C=C(OC(O)(CCC(=O)[O-])CC(=O)c1ccc(F)cc1)c1ccc(Cl)cc1.[Li+]. The number of benzene rings is 2. The number of aliphatic hydroxyl groups is 1. The number of rotatable bonds is 9. The Morgan fingerprint density at radius 1 is 1.11 bits per heavy atom. The second-order valence-corrected chi connectivity index (χ2v) is 6.39. The van der Waals surface area contributed by atoms with Crippen LogP contribution in [0.25, 0.3) is 5.76 Å². The van der Waals surface area contributed by atoms with Crippen molar-refractivity contribution < 1.29 is 47.8 Å². The summed E-state index contributed by atoms with van der Waals surface area (Å²) in [5.74, 6) is -4.53. The van der Waals surface area contributed by atoms with Crippen molar-refractivity contribution in [2.24, 2.45) is 0 Å². The Labute approximate surface area is 179 Å². The van der Waals surface area contributed by atoms with Crippen LogP contribution in [0.4, 0.5) is 4.39 Å². The maximum absolute atomic E-state index is 13.0. The number of aliphatic carboxylic acids is 1. The third kappa shape index (κ3) is 7.14. The van der Waals surface area contributed by atoms with Gasteiger partial charge in [-0.1, -0.05) is 18.2 Å². The van der Waals surface area contributed by atoms with Crippen LogP contribution in [0.5, 0.6) is 0 Å². The predicted molar refractivity (Wildman–Crippen MR) is 96.1 cm³/mol. The molecule has 1 unspecified atom stereocenters. The van der Waals surface area contributed by atoms with Crippen LogP contribution in [0.2, 0.25) is 5.02 Å². The quantitative estimate of drug-likeness (QED) is 0.277. The summed E-state index contributed by atoms with van der Waals surface area (Å²) < 4.78 is 18.5. The number of hydrogen-bond acceptors (Lipinski definition) is 5. The maximum Gasteiger partial charge on any atom is 1.00 e. The molecule has 8 heteroatoms. The Kier molecular flexibility index (Phi) is 8.93. The van der Waals surface area contributed by atoms with E-state index in [1.54, 1.807) is 24.3 Å². The Morgan fingerprint density at radius 3 is 2.18 bits per heavy atom. The van der Waals surface area contributed by atoms with Crippen LogP contribution in [0, 0.1) is 5.82 Å². The fraction of sp³-hybridized carbons (Fsp3) is 0.200. The van der Waals surface area contributed by atoms with Gasteiger partial charge in [0.1, 0.15) is 11.6 Å². The molecule has 0 fully saturated rings. The molecule has 0 heterocycles. The zero-order valence-electron chi connectivity index (χ0n) is 15.3. The van der Waals surface area contributed by atoms with E-state index in [-0.39, 0.29) is 30.2 Å². The molecule has 0 saturated carbocycles. The predicted octanol–water partition coefficient (Wildman–Crippen LogP) is -0.0379. The van der Waals surface area contributed by atoms with Crippen molar-refractivity contribution in [3.8, 4) is 0 Å². The minimum Gasteiger partial charge on any atom is -0.550 e. The summed E-state index contributed by atoms with van der Waals surface area (Å²) in [4.78, 5) is 23.2. The fourth-order valence-corrected chi connectivity index (χ4v) is 2.51. The number of ether oxygens (including phenoxy) is 1. The third-order valence-corrected chi connectivity index (χ3v) is 4.05. The first-order chi connectivity index (χ1) is 12.7. The van der Waals surface area contributed by atoms with E-state index in [2.05, 4.69) is 6.58 Å². The number of carboxylic acid groups (broad SMARTS) is 1. The summed E-state index contributed by atoms with van der Waals surface area (Å²) >= 11 is 5.82. The molecular weight excluding hydrogens is 382 g/mol. The fourth-order valence-electron chi connectivity index (χ4n) is 2.39. The molecule has 2 aromatic carbocycles. The van der Waals surface area contributed by atoms with E-state index in [1.165, 1.54) is 12.1 Å². The normalized spacial score (nSPS) is 12.4. The molecule has 0 aliphatic heterocycles. The van der Waals surface area contributed by atoms with Gasteiger partial charge in [0.2, 0.25) is 5.79 Å². The van der Waals surface area contributed by atoms with E-state index in [9.17, 15) is 24.2 Å². The van der Waals surface area contributed by atoms with Gasteiger partial charge in [-0.15, -0.1) is 0 Å². The molecule has 2 rings (SSSR count). The van der Waals surface area contributed by atoms with E-state index >= 15 is 0 Å². The number of hydrogen-bond donors (Lipinski definition) is 1. The van der Waals surface area contributed by atoms with E-state index < -0.39 is 42.6 Å². The van der Waals surface area contributed by atoms with E-state index in [0.29, 0.717) is 10.6 Å². The van der Waals surface area contributed by atoms with Crippen molar-refractivity contribution in [1.82, 2.24) is 0 Å². The molecule has 1 atom stereocenters. The average Bonchev–Trinajstić information content (AvgIpc) is 2.61. The van der Waals surface area contributed by atoms with Gasteiger partial charge in [-0.25, -0.2) is 4.39 Å². The van der Waals surface area contributed by atoms with Gasteiger partial charge in [-0.2, -0.15) is 0 Å². The number of carbonyl (C=O) groups is 2. The zero-order chi connectivity index (χ0) is 20.0. The number of ketones is 1. The summed E-state index contributed by atoms with van der Waals surface area (Å²) in [6.45, 7) is 3.71. The summed E-state index contributed by atoms with van der Waals surface area (Å²) in [6, 6.07) is 11.2. The van der Waals surface area contributed by atoms with Gasteiger partial charge in [-0.05, 0) is 55.0 Å². The van der Waals surface area contributed by atoms with Crippen molar-refractivity contribution >= 4 is 29.1 Å². The molecule has 0 bridgehead atoms. The number of carbonyl (C=O) groups excluding carboxylic acids is 2. The van der Waals surface area contributed by atoms with Gasteiger partial charge in [0, 0.05) is 28.5 Å². The Bertz CT molecular complexity index is 777. The Balaban J connectivity index is 0.00000392. The van der Waals surface area contributed by atoms with Crippen LogP contribution in [0.15, 0.2) is 55.1 Å². The molecular formula is C20H17ClFLiO5. The minimum atomic E-state index is -2.12. The number of carboxylic acids is 1. The Hall–Kier alpha value is -2.10. The maximum atomic E-state index is 13.0. The van der Waals surface area contributed by atoms with Crippen LogP contribution in [-0.2, 0) is 9.53 Å². The smallest absolute Gasteiger partial charge is 0.550 e. The van der Waals surface area contributed by atoms with Gasteiger partial charge >= 0.3 is 18.9 Å². The van der Waals surface area contributed by atoms with E-state index in [0.717, 1.165) is 12.1 Å². The molecule has 142 valence electrons. The van der Waals surface area contributed by atoms with Crippen LogP contribution in [0.1, 0.15) is 35.2 Å². The van der Waals surface area contributed by atoms with Gasteiger partial charge in [0.25, 0.3) is 0 Å². The summed E-state index contributed by atoms with van der Waals surface area (Å²) in [5.41, 5.74) is 0.657. The van der Waals surface area contributed by atoms with Crippen molar-refractivity contribution in [1.29, 1.82) is 0 Å². The number of Topliss-reactive ketones (excluding diaryl/α,β-unsaturated/α-hetero) is 1. The molecule has 28 heavy (non-hydrogen) atoms. The Morgan fingerprint density at radius 2 is 1.64 bits per heavy atom. The van der Waals surface area contributed by atoms with Gasteiger partial charge in [-0.3, -0.25) is 4.79 Å². The zero-order valence-corrected chi connectivity index (χ0v) is 16.0. The molecule has 5 nitrogen and oxygen atoms in total. The van der Waals surface area contributed by atoms with Crippen LogP contribution >= 0.6 is 11.6 Å². The molecule has 0 radical (unpaired) electrons. The first kappa shape index (κ1) is 23.9. The topological polar surface area (TPSA) is 86.7 Å². The van der Waals surface area contributed by atoms with Crippen LogP contribution < -0.4 is 24.0 Å². The average molecular weight is 399 g/mol. The standard InChI is InChI=1S/C20H18ClFO5.Li/c1-13(14-2-6-16(21)7-3-14)27-20(26,11-10-19(24)25)12-18(23)15-4-8-17(22)9-5-15;/h2-9,26H,1,10-12H2,(H,24,25);/q;+1/p-1. The van der Waals surface area contributed by atoms with Crippen molar-refractivity contribution in [3.63, 3.8) is 0 Å². The van der Waals surface area contributed by atoms with Crippen molar-refractivity contribution in [2.45, 2.75) is 25.0 Å². The summed E-state index contributed by atoms with van der Waals surface area (Å²) in [6.07, 6.45) is -1.46. The molecule has 2 aromatic rings. The molecule has 0 aliphatic carbocycles. The first-order valence-corrected chi connectivity index (χ1v) is 8.41. The third-order valence-electron chi connectivity index (χ3n) is 3.80. The second-order valence-electron chi connectivity index (χ2n) is 5.96. The van der Waals surface area contributed by atoms with Crippen molar-refractivity contribution in [3.05, 3.63) is 77.1 Å². The molecule has 0 aromatic heterocycles. The second kappa shape index (κ2) is 10.4.